The van der Waals surface area contributed by atoms with Gasteiger partial charge in [-0.25, -0.2) is 4.98 Å². The third-order valence-corrected chi connectivity index (χ3v) is 15.6. The highest BCUT2D eigenvalue weighted by atomic mass is 16.5. The molecule has 0 aliphatic carbocycles. The topological polar surface area (TPSA) is 33.5 Å². The molecule has 0 bridgehead atoms. The number of allylic oxidation sites excluding steroid dienone is 1. The smallest absolute Gasteiger partial charge is 0.137 e. The predicted octanol–water partition coefficient (Wildman–Crippen LogP) is 18.3. The van der Waals surface area contributed by atoms with Crippen molar-refractivity contribution in [1.29, 1.82) is 0 Å². The number of nitrogens with zero attached hydrogens (tertiary/aromatic N) is 4. The number of hydrogen-bond donors (Lipinski definition) is 0. The Hall–Kier alpha value is -8.15. The van der Waals surface area contributed by atoms with Gasteiger partial charge in [-0.1, -0.05) is 203 Å². The summed E-state index contributed by atoms with van der Waals surface area (Å²) < 4.78 is 9.46. The minimum absolute atomic E-state index is 0.0216. The number of rotatable bonds is 11. The summed E-state index contributed by atoms with van der Waals surface area (Å²) in [5.41, 5.74) is 15.8. The Balaban J connectivity index is 1.04. The molecule has 374 valence electrons. The average Bonchev–Trinajstić information content (AvgIpc) is 4.02. The van der Waals surface area contributed by atoms with Crippen molar-refractivity contribution >= 4 is 33.2 Å². The molecule has 0 fully saturated rings. The lowest BCUT2D eigenvalue weighted by Crippen LogP contribution is -2.34. The molecule has 1 aliphatic rings. The van der Waals surface area contributed by atoms with Crippen molar-refractivity contribution in [3.8, 4) is 39.6 Å². The van der Waals surface area contributed by atoms with E-state index < -0.39 is 0 Å². The van der Waals surface area contributed by atoms with Crippen molar-refractivity contribution in [1.82, 2.24) is 9.55 Å². The van der Waals surface area contributed by atoms with E-state index in [1.807, 2.05) is 6.20 Å². The van der Waals surface area contributed by atoms with Crippen molar-refractivity contribution in [2.75, 3.05) is 16.5 Å². The van der Waals surface area contributed by atoms with E-state index >= 15 is 0 Å². The van der Waals surface area contributed by atoms with Gasteiger partial charge >= 0.3 is 0 Å². The lowest BCUT2D eigenvalue weighted by molar-refractivity contribution is 0.483. The van der Waals surface area contributed by atoms with Gasteiger partial charge in [-0.3, -0.25) is 4.57 Å². The van der Waals surface area contributed by atoms with Crippen molar-refractivity contribution in [3.63, 3.8) is 0 Å². The van der Waals surface area contributed by atoms with Crippen LogP contribution in [0.2, 0.25) is 0 Å². The van der Waals surface area contributed by atoms with Crippen LogP contribution in [0, 0.1) is 0 Å². The van der Waals surface area contributed by atoms with Gasteiger partial charge in [0.05, 0.1) is 17.7 Å². The monoisotopic (exact) mass is 981 g/mol. The Kier molecular flexibility index (Phi) is 12.4. The summed E-state index contributed by atoms with van der Waals surface area (Å²) in [5.74, 6) is 2.37. The Bertz CT molecular complexity index is 3730. The summed E-state index contributed by atoms with van der Waals surface area (Å²) in [6.45, 7) is 23.6. The molecule has 8 aromatic carbocycles. The predicted molar refractivity (Wildman–Crippen MR) is 316 cm³/mol. The fraction of sp³-hybridized carbons (Fsp3) is 0.214. The van der Waals surface area contributed by atoms with E-state index in [1.165, 1.54) is 50.0 Å². The summed E-state index contributed by atoms with van der Waals surface area (Å²) in [7, 11) is 0. The van der Waals surface area contributed by atoms with Crippen LogP contribution >= 0.6 is 0 Å². The Morgan fingerprint density at radius 1 is 0.400 bits per heavy atom. The molecule has 0 atom stereocenters. The SMILES string of the molecule is CC(C)(C)c1cc(-c2ccccc2)cc(N2CN(c3cc(Oc4ccc5c6cc(C(C)(C)C)ccc6n(-c6cc(C(C)(C)c7ccccc7)ccn6)c5c4)cc(-c4ccccc4)c3)C=C2C(C)(C)c2ccccc2)c1. The van der Waals surface area contributed by atoms with Crippen LogP contribution in [-0.2, 0) is 21.7 Å². The number of benzene rings is 8. The molecular formula is C70H68N4O. The van der Waals surface area contributed by atoms with E-state index in [0.29, 0.717) is 6.67 Å². The van der Waals surface area contributed by atoms with Crippen LogP contribution in [0.3, 0.4) is 0 Å². The molecule has 0 saturated heterocycles. The van der Waals surface area contributed by atoms with Crippen LogP contribution in [0.1, 0.15) is 97.1 Å². The average molecular weight is 981 g/mol. The van der Waals surface area contributed by atoms with Gasteiger partial charge in [0.1, 0.15) is 17.3 Å². The number of fused-ring (bicyclic) bond motifs is 3. The van der Waals surface area contributed by atoms with Crippen molar-refractivity contribution in [3.05, 3.63) is 252 Å². The maximum Gasteiger partial charge on any atom is 0.137 e. The largest absolute Gasteiger partial charge is 0.457 e. The highest BCUT2D eigenvalue weighted by Gasteiger charge is 2.37. The van der Waals surface area contributed by atoms with Crippen molar-refractivity contribution < 1.29 is 4.74 Å². The highest BCUT2D eigenvalue weighted by molar-refractivity contribution is 6.10. The Labute approximate surface area is 444 Å². The fourth-order valence-corrected chi connectivity index (χ4v) is 10.8. The lowest BCUT2D eigenvalue weighted by Gasteiger charge is -2.35. The number of ether oxygens (including phenoxy) is 1. The Morgan fingerprint density at radius 3 is 1.61 bits per heavy atom. The molecule has 0 unspecified atom stereocenters. The molecule has 75 heavy (non-hydrogen) atoms. The van der Waals surface area contributed by atoms with Gasteiger partial charge < -0.3 is 14.5 Å². The fourth-order valence-electron chi connectivity index (χ4n) is 10.8. The van der Waals surface area contributed by atoms with E-state index in [-0.39, 0.29) is 21.7 Å². The van der Waals surface area contributed by atoms with Gasteiger partial charge in [0.25, 0.3) is 0 Å². The van der Waals surface area contributed by atoms with Gasteiger partial charge in [-0.2, -0.15) is 0 Å². The second-order valence-corrected chi connectivity index (χ2v) is 23.5. The molecule has 5 heteroatoms. The van der Waals surface area contributed by atoms with Crippen LogP contribution in [0.25, 0.3) is 49.9 Å². The first-order valence-electron chi connectivity index (χ1n) is 26.4. The maximum absolute atomic E-state index is 7.15. The van der Waals surface area contributed by atoms with E-state index in [1.54, 1.807) is 0 Å². The molecule has 3 heterocycles. The molecular weight excluding hydrogens is 913 g/mol. The zero-order chi connectivity index (χ0) is 52.3. The number of aromatic nitrogens is 2. The molecule has 10 aromatic rings. The minimum Gasteiger partial charge on any atom is -0.457 e. The van der Waals surface area contributed by atoms with Gasteiger partial charge in [-0.05, 0) is 122 Å². The summed E-state index contributed by atoms with van der Waals surface area (Å²) in [5, 5.41) is 2.34. The van der Waals surface area contributed by atoms with Gasteiger partial charge in [0, 0.05) is 63.2 Å². The molecule has 2 aromatic heterocycles. The third-order valence-electron chi connectivity index (χ3n) is 15.6. The first-order valence-corrected chi connectivity index (χ1v) is 26.4. The summed E-state index contributed by atoms with van der Waals surface area (Å²) >= 11 is 0. The molecule has 11 rings (SSSR count). The van der Waals surface area contributed by atoms with Gasteiger partial charge in [-0.15, -0.1) is 0 Å². The first kappa shape index (κ1) is 49.1. The standard InChI is InChI=1S/C70H68N4O/c1-67(2,3)54-31-34-63-62(42-54)61-33-32-59(45-64(61)74(63)66-43-55(35-36-71-66)69(7,8)52-27-19-13-20-28-52)75-60-40-51(49-25-17-12-18-26-49)38-57(44-60)72-46-65(70(9,10)53-29-21-14-22-30-53)73(47-72)58-39-50(48-23-15-11-16-24-48)37-56(41-58)68(4,5)6/h11-46H,47H2,1-10H3. The zero-order valence-corrected chi connectivity index (χ0v) is 45.2. The van der Waals surface area contributed by atoms with Crippen LogP contribution in [0.15, 0.2) is 224 Å². The van der Waals surface area contributed by atoms with Crippen LogP contribution in [0.5, 0.6) is 11.5 Å². The second kappa shape index (κ2) is 19.0. The number of hydrogen-bond acceptors (Lipinski definition) is 4. The molecule has 0 amide bonds. The van der Waals surface area contributed by atoms with E-state index in [9.17, 15) is 0 Å². The maximum atomic E-state index is 7.15. The third kappa shape index (κ3) is 9.53. The number of anilines is 2. The van der Waals surface area contributed by atoms with Crippen LogP contribution in [0.4, 0.5) is 11.4 Å². The highest BCUT2D eigenvalue weighted by Crippen LogP contribution is 2.45. The van der Waals surface area contributed by atoms with Crippen LogP contribution in [-0.4, -0.2) is 16.2 Å². The van der Waals surface area contributed by atoms with E-state index in [0.717, 1.165) is 56.2 Å². The van der Waals surface area contributed by atoms with Crippen molar-refractivity contribution in [2.45, 2.75) is 90.9 Å². The van der Waals surface area contributed by atoms with Crippen LogP contribution < -0.4 is 14.5 Å². The van der Waals surface area contributed by atoms with E-state index in [2.05, 4.69) is 296 Å². The molecule has 1 aliphatic heterocycles. The van der Waals surface area contributed by atoms with Crippen molar-refractivity contribution in [2.24, 2.45) is 0 Å². The zero-order valence-electron chi connectivity index (χ0n) is 45.2. The molecule has 0 saturated carbocycles. The second-order valence-electron chi connectivity index (χ2n) is 23.5. The lowest BCUT2D eigenvalue weighted by atomic mass is 9.78. The van der Waals surface area contributed by atoms with E-state index in [4.69, 9.17) is 9.72 Å². The van der Waals surface area contributed by atoms with Gasteiger partial charge in [0.2, 0.25) is 0 Å². The molecule has 0 N–H and O–H groups in total. The summed E-state index contributed by atoms with van der Waals surface area (Å²) in [6, 6.07) is 74.7. The summed E-state index contributed by atoms with van der Waals surface area (Å²) in [6.07, 6.45) is 4.32. The first-order chi connectivity index (χ1) is 35.9. The molecule has 0 spiro atoms. The Morgan fingerprint density at radius 2 is 0.987 bits per heavy atom. The van der Waals surface area contributed by atoms with Gasteiger partial charge in [0.15, 0.2) is 0 Å². The minimum atomic E-state index is -0.343. The normalized spacial score (nSPS) is 13.4. The summed E-state index contributed by atoms with van der Waals surface area (Å²) in [4.78, 5) is 10.0. The molecule has 5 nitrogen and oxygen atoms in total. The quantitative estimate of drug-likeness (QED) is 0.129. The molecule has 0 radical (unpaired) electrons. The number of pyridine rings is 1.